The molecule has 1 atom stereocenters. The first kappa shape index (κ1) is 16.5. The molecule has 0 aromatic heterocycles. The second-order valence-electron chi connectivity index (χ2n) is 5.61. The molecule has 1 aromatic carbocycles. The monoisotopic (exact) mass is 303 g/mol. The molecule has 0 aliphatic carbocycles. The van der Waals surface area contributed by atoms with Crippen LogP contribution in [0.5, 0.6) is 0 Å². The number of imide groups is 1. The first-order chi connectivity index (χ1) is 10.7. The van der Waals surface area contributed by atoms with Crippen LogP contribution in [0.4, 0.5) is 4.79 Å². The summed E-state index contributed by atoms with van der Waals surface area (Å²) in [7, 11) is 0. The Kier molecular flexibility index (Phi) is 6.40. The standard InChI is InChI=1S/C17H25N3O2/c1-2-18-17(22)19-16(21)15(14-10-6-5-7-11-14)20-12-8-3-4-9-13-20/h5-7,10-11,15H,2-4,8-9,12-13H2,1H3,(H2,18,19,21,22)/t15-/m1/s1. The van der Waals surface area contributed by atoms with Gasteiger partial charge in [0.15, 0.2) is 0 Å². The van der Waals surface area contributed by atoms with Gasteiger partial charge in [0.2, 0.25) is 5.91 Å². The maximum atomic E-state index is 12.6. The van der Waals surface area contributed by atoms with Crippen LogP contribution in [0.15, 0.2) is 30.3 Å². The second kappa shape index (κ2) is 8.54. The van der Waals surface area contributed by atoms with E-state index in [4.69, 9.17) is 0 Å². The van der Waals surface area contributed by atoms with E-state index in [-0.39, 0.29) is 5.91 Å². The van der Waals surface area contributed by atoms with Crippen LogP contribution in [0.3, 0.4) is 0 Å². The largest absolute Gasteiger partial charge is 0.338 e. The Morgan fingerprint density at radius 1 is 1.09 bits per heavy atom. The number of hydrogen-bond donors (Lipinski definition) is 2. The van der Waals surface area contributed by atoms with Crippen molar-refractivity contribution < 1.29 is 9.59 Å². The third-order valence-electron chi connectivity index (χ3n) is 3.94. The Balaban J connectivity index is 2.17. The van der Waals surface area contributed by atoms with Gasteiger partial charge >= 0.3 is 6.03 Å². The van der Waals surface area contributed by atoms with Gasteiger partial charge in [-0.25, -0.2) is 4.79 Å². The van der Waals surface area contributed by atoms with Crippen molar-refractivity contribution >= 4 is 11.9 Å². The lowest BCUT2D eigenvalue weighted by Gasteiger charge is -2.29. The van der Waals surface area contributed by atoms with Crippen molar-refractivity contribution in [3.05, 3.63) is 35.9 Å². The summed E-state index contributed by atoms with van der Waals surface area (Å²) in [6.07, 6.45) is 4.60. The van der Waals surface area contributed by atoms with Crippen LogP contribution in [-0.4, -0.2) is 36.5 Å². The van der Waals surface area contributed by atoms with Crippen LogP contribution >= 0.6 is 0 Å². The van der Waals surface area contributed by atoms with E-state index in [0.717, 1.165) is 31.5 Å². The molecular weight excluding hydrogens is 278 g/mol. The number of hydrogen-bond acceptors (Lipinski definition) is 3. The smallest absolute Gasteiger partial charge is 0.321 e. The van der Waals surface area contributed by atoms with E-state index in [1.807, 2.05) is 37.3 Å². The van der Waals surface area contributed by atoms with Gasteiger partial charge < -0.3 is 5.32 Å². The van der Waals surface area contributed by atoms with Crippen molar-refractivity contribution in [2.75, 3.05) is 19.6 Å². The van der Waals surface area contributed by atoms with E-state index < -0.39 is 12.1 Å². The molecule has 1 aliphatic heterocycles. The lowest BCUT2D eigenvalue weighted by atomic mass is 10.0. The minimum Gasteiger partial charge on any atom is -0.338 e. The summed E-state index contributed by atoms with van der Waals surface area (Å²) < 4.78 is 0. The third kappa shape index (κ3) is 4.56. The fourth-order valence-electron chi connectivity index (χ4n) is 2.90. The Morgan fingerprint density at radius 3 is 2.32 bits per heavy atom. The van der Waals surface area contributed by atoms with Crippen LogP contribution in [0.25, 0.3) is 0 Å². The van der Waals surface area contributed by atoms with Crippen LogP contribution in [0.1, 0.15) is 44.2 Å². The van der Waals surface area contributed by atoms with Crippen molar-refractivity contribution in [3.63, 3.8) is 0 Å². The number of nitrogens with one attached hydrogen (secondary N) is 2. The summed E-state index contributed by atoms with van der Waals surface area (Å²) in [4.78, 5) is 26.5. The van der Waals surface area contributed by atoms with E-state index in [1.165, 1.54) is 12.8 Å². The molecule has 5 nitrogen and oxygen atoms in total. The first-order valence-corrected chi connectivity index (χ1v) is 8.10. The van der Waals surface area contributed by atoms with E-state index in [1.54, 1.807) is 0 Å². The van der Waals surface area contributed by atoms with Gasteiger partial charge in [0.1, 0.15) is 6.04 Å². The van der Waals surface area contributed by atoms with E-state index in [2.05, 4.69) is 15.5 Å². The molecule has 2 rings (SSSR count). The van der Waals surface area contributed by atoms with Crippen molar-refractivity contribution in [2.45, 2.75) is 38.6 Å². The van der Waals surface area contributed by atoms with Crippen LogP contribution in [-0.2, 0) is 4.79 Å². The topological polar surface area (TPSA) is 61.4 Å². The number of rotatable bonds is 4. The summed E-state index contributed by atoms with van der Waals surface area (Å²) in [6, 6.07) is 8.87. The molecule has 0 saturated carbocycles. The average Bonchev–Trinajstić information content (AvgIpc) is 2.78. The molecule has 0 spiro atoms. The lowest BCUT2D eigenvalue weighted by molar-refractivity contribution is -0.125. The molecule has 0 bridgehead atoms. The zero-order valence-electron chi connectivity index (χ0n) is 13.2. The van der Waals surface area contributed by atoms with E-state index >= 15 is 0 Å². The molecule has 22 heavy (non-hydrogen) atoms. The number of benzene rings is 1. The molecule has 5 heteroatoms. The summed E-state index contributed by atoms with van der Waals surface area (Å²) in [5, 5.41) is 5.08. The summed E-state index contributed by atoms with van der Waals surface area (Å²) >= 11 is 0. The van der Waals surface area contributed by atoms with Gasteiger partial charge in [-0.3, -0.25) is 15.0 Å². The molecule has 120 valence electrons. The molecule has 3 amide bonds. The molecule has 0 radical (unpaired) electrons. The maximum absolute atomic E-state index is 12.6. The van der Waals surface area contributed by atoms with Gasteiger partial charge in [-0.1, -0.05) is 43.2 Å². The second-order valence-corrected chi connectivity index (χ2v) is 5.61. The quantitative estimate of drug-likeness (QED) is 0.898. The highest BCUT2D eigenvalue weighted by Crippen LogP contribution is 2.24. The fraction of sp³-hybridized carbons (Fsp3) is 0.529. The number of carbonyl (C=O) groups excluding carboxylic acids is 2. The van der Waals surface area contributed by atoms with Crippen molar-refractivity contribution in [1.82, 2.24) is 15.5 Å². The van der Waals surface area contributed by atoms with Gasteiger partial charge in [0.25, 0.3) is 0 Å². The predicted molar refractivity (Wildman–Crippen MR) is 86.4 cm³/mol. The van der Waals surface area contributed by atoms with Gasteiger partial charge in [0.05, 0.1) is 0 Å². The first-order valence-electron chi connectivity index (χ1n) is 8.10. The van der Waals surface area contributed by atoms with E-state index in [9.17, 15) is 9.59 Å². The average molecular weight is 303 g/mol. The Bertz CT molecular complexity index is 482. The normalized spacial score (nSPS) is 17.3. The predicted octanol–water partition coefficient (Wildman–Crippen LogP) is 2.45. The number of likely N-dealkylation sites (tertiary alicyclic amines) is 1. The molecular formula is C17H25N3O2. The number of carbonyl (C=O) groups is 2. The highest BCUT2D eigenvalue weighted by atomic mass is 16.2. The molecule has 0 unspecified atom stereocenters. The molecule has 2 N–H and O–H groups in total. The zero-order chi connectivity index (χ0) is 15.8. The van der Waals surface area contributed by atoms with Crippen molar-refractivity contribution in [3.8, 4) is 0 Å². The third-order valence-corrected chi connectivity index (χ3v) is 3.94. The van der Waals surface area contributed by atoms with E-state index in [0.29, 0.717) is 6.54 Å². The highest BCUT2D eigenvalue weighted by molar-refractivity contribution is 5.97. The summed E-state index contributed by atoms with van der Waals surface area (Å²) in [6.45, 7) is 4.11. The Hall–Kier alpha value is -1.88. The highest BCUT2D eigenvalue weighted by Gasteiger charge is 2.29. The van der Waals surface area contributed by atoms with Crippen LogP contribution < -0.4 is 10.6 Å². The Labute approximate surface area is 132 Å². The van der Waals surface area contributed by atoms with Crippen LogP contribution in [0, 0.1) is 0 Å². The van der Waals surface area contributed by atoms with Crippen molar-refractivity contribution in [2.24, 2.45) is 0 Å². The summed E-state index contributed by atoms with van der Waals surface area (Å²) in [5.74, 6) is -0.251. The number of urea groups is 1. The molecule has 1 aromatic rings. The van der Waals surface area contributed by atoms with Gasteiger partial charge in [-0.15, -0.1) is 0 Å². The minimum absolute atomic E-state index is 0.251. The fourth-order valence-corrected chi connectivity index (χ4v) is 2.90. The van der Waals surface area contributed by atoms with Gasteiger partial charge in [0, 0.05) is 6.54 Å². The zero-order valence-corrected chi connectivity index (χ0v) is 13.2. The van der Waals surface area contributed by atoms with Crippen LogP contribution in [0.2, 0.25) is 0 Å². The molecule has 1 aliphatic rings. The number of amides is 3. The minimum atomic E-state index is -0.428. The Morgan fingerprint density at radius 2 is 1.73 bits per heavy atom. The molecule has 1 heterocycles. The molecule has 1 fully saturated rings. The van der Waals surface area contributed by atoms with Gasteiger partial charge in [-0.05, 0) is 38.4 Å². The molecule has 1 saturated heterocycles. The lowest BCUT2D eigenvalue weighted by Crippen LogP contribution is -2.46. The SMILES string of the molecule is CCNC(=O)NC(=O)[C@@H](c1ccccc1)N1CCCCCC1. The number of nitrogens with zero attached hydrogens (tertiary/aromatic N) is 1. The van der Waals surface area contributed by atoms with Crippen molar-refractivity contribution in [1.29, 1.82) is 0 Å². The summed E-state index contributed by atoms with van der Waals surface area (Å²) in [5.41, 5.74) is 0.936. The van der Waals surface area contributed by atoms with Gasteiger partial charge in [-0.2, -0.15) is 0 Å². The maximum Gasteiger partial charge on any atom is 0.321 e.